The van der Waals surface area contributed by atoms with Gasteiger partial charge in [0.05, 0.1) is 5.69 Å². The molecule has 0 saturated carbocycles. The Hall–Kier alpha value is -1.00. The summed E-state index contributed by atoms with van der Waals surface area (Å²) in [5.41, 5.74) is 7.78. The normalized spacial score (nSPS) is 13.9. The van der Waals surface area contributed by atoms with Gasteiger partial charge in [0.25, 0.3) is 0 Å². The van der Waals surface area contributed by atoms with Gasteiger partial charge in [-0.15, -0.1) is 0 Å². The predicted molar refractivity (Wildman–Crippen MR) is 68.7 cm³/mol. The second kappa shape index (κ2) is 5.78. The Bertz CT molecular complexity index is 349. The summed E-state index contributed by atoms with van der Waals surface area (Å²) < 4.78 is 0. The van der Waals surface area contributed by atoms with Crippen LogP contribution in [0.25, 0.3) is 0 Å². The molecule has 0 aliphatic heterocycles. The van der Waals surface area contributed by atoms with Crippen LogP contribution in [0.1, 0.15) is 18.5 Å². The number of hydrogen-bond donors (Lipinski definition) is 2. The van der Waals surface area contributed by atoms with Crippen molar-refractivity contribution in [2.24, 2.45) is 10.7 Å². The number of thioether (sulfide) groups is 1. The third-order valence-electron chi connectivity index (χ3n) is 2.25. The Kier molecular flexibility index (Phi) is 4.65. The van der Waals surface area contributed by atoms with Crippen LogP contribution in [0, 0.1) is 0 Å². The van der Waals surface area contributed by atoms with Crippen LogP contribution < -0.4 is 11.1 Å². The molecule has 15 heavy (non-hydrogen) atoms. The molecule has 3 nitrogen and oxygen atoms in total. The maximum absolute atomic E-state index is 5.66. The van der Waals surface area contributed by atoms with E-state index >= 15 is 0 Å². The summed E-state index contributed by atoms with van der Waals surface area (Å²) in [7, 11) is 1.94. The minimum atomic E-state index is 0.329. The van der Waals surface area contributed by atoms with Crippen LogP contribution in [0.5, 0.6) is 0 Å². The van der Waals surface area contributed by atoms with Gasteiger partial charge in [0, 0.05) is 6.04 Å². The first kappa shape index (κ1) is 12.1. The summed E-state index contributed by atoms with van der Waals surface area (Å²) in [6.45, 7) is 2.11. The maximum Gasteiger partial charge on any atom is 0.158 e. The van der Waals surface area contributed by atoms with Crippen molar-refractivity contribution in [3.63, 3.8) is 0 Å². The SMILES string of the molecule is CNC(C)c1cccc(N=C(N)SC)c1. The van der Waals surface area contributed by atoms with Crippen molar-refractivity contribution < 1.29 is 0 Å². The van der Waals surface area contributed by atoms with Crippen LogP contribution in [0.4, 0.5) is 5.69 Å². The van der Waals surface area contributed by atoms with E-state index in [2.05, 4.69) is 23.3 Å². The van der Waals surface area contributed by atoms with E-state index < -0.39 is 0 Å². The van der Waals surface area contributed by atoms with Gasteiger partial charge in [-0.05, 0) is 37.9 Å². The fourth-order valence-electron chi connectivity index (χ4n) is 1.20. The fraction of sp³-hybridized carbons (Fsp3) is 0.364. The maximum atomic E-state index is 5.66. The minimum Gasteiger partial charge on any atom is -0.378 e. The predicted octanol–water partition coefficient (Wildman–Crippen LogP) is 2.28. The third kappa shape index (κ3) is 3.57. The number of nitrogens with zero attached hydrogens (tertiary/aromatic N) is 1. The zero-order valence-corrected chi connectivity index (χ0v) is 10.1. The summed E-state index contributed by atoms with van der Waals surface area (Å²) >= 11 is 1.45. The molecule has 1 aromatic carbocycles. The summed E-state index contributed by atoms with van der Waals surface area (Å²) in [6, 6.07) is 8.40. The lowest BCUT2D eigenvalue weighted by molar-refractivity contribution is 0.652. The Labute approximate surface area is 95.2 Å². The summed E-state index contributed by atoms with van der Waals surface area (Å²) in [5.74, 6) is 0. The van der Waals surface area contributed by atoms with E-state index in [4.69, 9.17) is 5.73 Å². The van der Waals surface area contributed by atoms with E-state index in [-0.39, 0.29) is 0 Å². The first-order valence-corrected chi connectivity index (χ1v) is 6.05. The number of rotatable bonds is 3. The highest BCUT2D eigenvalue weighted by atomic mass is 32.2. The van der Waals surface area contributed by atoms with E-state index in [1.165, 1.54) is 17.3 Å². The van der Waals surface area contributed by atoms with Crippen molar-refractivity contribution in [1.29, 1.82) is 0 Å². The largest absolute Gasteiger partial charge is 0.378 e. The Morgan fingerprint density at radius 2 is 2.27 bits per heavy atom. The van der Waals surface area contributed by atoms with Crippen molar-refractivity contribution in [3.8, 4) is 0 Å². The van der Waals surface area contributed by atoms with Gasteiger partial charge in [0.15, 0.2) is 5.17 Å². The van der Waals surface area contributed by atoms with Crippen LogP contribution >= 0.6 is 11.8 Å². The highest BCUT2D eigenvalue weighted by Crippen LogP contribution is 2.19. The minimum absolute atomic E-state index is 0.329. The summed E-state index contributed by atoms with van der Waals surface area (Å²) in [5, 5.41) is 3.78. The molecule has 4 heteroatoms. The molecule has 82 valence electrons. The molecule has 1 aromatic rings. The average Bonchev–Trinajstić information content (AvgIpc) is 2.28. The van der Waals surface area contributed by atoms with Crippen LogP contribution in [0.15, 0.2) is 29.3 Å². The standard InChI is InChI=1S/C11H17N3S/c1-8(13-2)9-5-4-6-10(7-9)14-11(12)15-3/h4-8,13H,1-3H3,(H2,12,14). The molecule has 0 aromatic heterocycles. The van der Waals surface area contributed by atoms with Gasteiger partial charge in [0.2, 0.25) is 0 Å². The van der Waals surface area contributed by atoms with Crippen LogP contribution in [-0.4, -0.2) is 18.5 Å². The van der Waals surface area contributed by atoms with Crippen molar-refractivity contribution in [1.82, 2.24) is 5.32 Å². The third-order valence-corrected chi connectivity index (χ3v) is 2.76. The first-order chi connectivity index (χ1) is 7.17. The molecule has 0 heterocycles. The van der Waals surface area contributed by atoms with E-state index in [1.54, 1.807) is 0 Å². The van der Waals surface area contributed by atoms with Crippen molar-refractivity contribution in [3.05, 3.63) is 29.8 Å². The number of nitrogens with two attached hydrogens (primary N) is 1. The average molecular weight is 223 g/mol. The molecule has 0 fully saturated rings. The van der Waals surface area contributed by atoms with E-state index in [9.17, 15) is 0 Å². The molecule has 0 amide bonds. The quantitative estimate of drug-likeness (QED) is 0.610. The van der Waals surface area contributed by atoms with Crippen molar-refractivity contribution >= 4 is 22.6 Å². The van der Waals surface area contributed by atoms with Gasteiger partial charge in [-0.25, -0.2) is 4.99 Å². The topological polar surface area (TPSA) is 50.4 Å². The van der Waals surface area contributed by atoms with Gasteiger partial charge in [-0.1, -0.05) is 23.9 Å². The summed E-state index contributed by atoms with van der Waals surface area (Å²) in [4.78, 5) is 4.28. The number of amidine groups is 1. The van der Waals surface area contributed by atoms with Gasteiger partial charge in [-0.2, -0.15) is 0 Å². The lowest BCUT2D eigenvalue weighted by Gasteiger charge is -2.10. The van der Waals surface area contributed by atoms with Gasteiger partial charge >= 0.3 is 0 Å². The monoisotopic (exact) mass is 223 g/mol. The molecular weight excluding hydrogens is 206 g/mol. The van der Waals surface area contributed by atoms with E-state index in [0.29, 0.717) is 11.2 Å². The summed E-state index contributed by atoms with van der Waals surface area (Å²) in [6.07, 6.45) is 1.92. The molecule has 0 saturated heterocycles. The Balaban J connectivity index is 2.92. The fourth-order valence-corrected chi connectivity index (χ4v) is 1.40. The molecule has 0 radical (unpaired) electrons. The molecule has 0 aliphatic carbocycles. The Morgan fingerprint density at radius 3 is 2.87 bits per heavy atom. The van der Waals surface area contributed by atoms with Crippen molar-refractivity contribution in [2.45, 2.75) is 13.0 Å². The molecule has 0 aliphatic rings. The number of aliphatic imine (C=N–C) groups is 1. The molecular formula is C11H17N3S. The van der Waals surface area contributed by atoms with Gasteiger partial charge in [0.1, 0.15) is 0 Å². The smallest absolute Gasteiger partial charge is 0.158 e. The zero-order valence-electron chi connectivity index (χ0n) is 9.32. The second-order valence-corrected chi connectivity index (χ2v) is 4.09. The van der Waals surface area contributed by atoms with Crippen LogP contribution in [0.2, 0.25) is 0 Å². The zero-order chi connectivity index (χ0) is 11.3. The van der Waals surface area contributed by atoms with Crippen molar-refractivity contribution in [2.75, 3.05) is 13.3 Å². The number of hydrogen-bond acceptors (Lipinski definition) is 3. The molecule has 1 atom stereocenters. The highest BCUT2D eigenvalue weighted by Gasteiger charge is 2.02. The number of nitrogens with one attached hydrogen (secondary N) is 1. The van der Waals surface area contributed by atoms with E-state index in [1.807, 2.05) is 31.5 Å². The Morgan fingerprint density at radius 1 is 1.53 bits per heavy atom. The lowest BCUT2D eigenvalue weighted by Crippen LogP contribution is -2.12. The molecule has 0 spiro atoms. The van der Waals surface area contributed by atoms with Crippen LogP contribution in [0.3, 0.4) is 0 Å². The molecule has 1 unspecified atom stereocenters. The second-order valence-electron chi connectivity index (χ2n) is 3.26. The molecule has 1 rings (SSSR count). The highest BCUT2D eigenvalue weighted by molar-refractivity contribution is 8.13. The molecule has 3 N–H and O–H groups in total. The number of benzene rings is 1. The van der Waals surface area contributed by atoms with Gasteiger partial charge in [-0.3, -0.25) is 0 Å². The van der Waals surface area contributed by atoms with Gasteiger partial charge < -0.3 is 11.1 Å². The first-order valence-electron chi connectivity index (χ1n) is 4.82. The lowest BCUT2D eigenvalue weighted by atomic mass is 10.1. The molecule has 0 bridgehead atoms. The van der Waals surface area contributed by atoms with Crippen LogP contribution in [-0.2, 0) is 0 Å². The van der Waals surface area contributed by atoms with E-state index in [0.717, 1.165) is 5.69 Å².